The lowest BCUT2D eigenvalue weighted by molar-refractivity contribution is 0.00552. The monoisotopic (exact) mass is 228 g/mol. The molecule has 2 atom stereocenters. The van der Waals surface area contributed by atoms with Gasteiger partial charge in [0.25, 0.3) is 0 Å². The first-order valence-electron chi connectivity index (χ1n) is 6.85. The van der Waals surface area contributed by atoms with Crippen molar-refractivity contribution in [3.63, 3.8) is 0 Å². The SMILES string of the molecule is CCOC1CCCN(CCCC(N)CC)C1. The van der Waals surface area contributed by atoms with Crippen LogP contribution in [0.3, 0.4) is 0 Å². The van der Waals surface area contributed by atoms with Gasteiger partial charge in [0.15, 0.2) is 0 Å². The van der Waals surface area contributed by atoms with Gasteiger partial charge in [-0.3, -0.25) is 0 Å². The Morgan fingerprint density at radius 1 is 1.44 bits per heavy atom. The smallest absolute Gasteiger partial charge is 0.0702 e. The summed E-state index contributed by atoms with van der Waals surface area (Å²) in [5.74, 6) is 0. The van der Waals surface area contributed by atoms with Crippen LogP contribution < -0.4 is 5.73 Å². The number of hydrogen-bond donors (Lipinski definition) is 1. The Balaban J connectivity index is 2.11. The highest BCUT2D eigenvalue weighted by molar-refractivity contribution is 4.73. The molecule has 1 heterocycles. The zero-order valence-electron chi connectivity index (χ0n) is 11.0. The van der Waals surface area contributed by atoms with Crippen LogP contribution in [0.2, 0.25) is 0 Å². The lowest BCUT2D eigenvalue weighted by Crippen LogP contribution is -2.40. The van der Waals surface area contributed by atoms with Gasteiger partial charge in [-0.1, -0.05) is 6.92 Å². The van der Waals surface area contributed by atoms with Gasteiger partial charge < -0.3 is 15.4 Å². The summed E-state index contributed by atoms with van der Waals surface area (Å²) in [6.07, 6.45) is 6.48. The molecule has 1 aliphatic rings. The lowest BCUT2D eigenvalue weighted by Gasteiger charge is -2.32. The van der Waals surface area contributed by atoms with Crippen molar-refractivity contribution in [1.82, 2.24) is 4.90 Å². The van der Waals surface area contributed by atoms with E-state index in [1.54, 1.807) is 0 Å². The van der Waals surface area contributed by atoms with Crippen molar-refractivity contribution < 1.29 is 4.74 Å². The van der Waals surface area contributed by atoms with Crippen LogP contribution >= 0.6 is 0 Å². The van der Waals surface area contributed by atoms with Crippen LogP contribution in [0.15, 0.2) is 0 Å². The second kappa shape index (κ2) is 8.04. The van der Waals surface area contributed by atoms with E-state index < -0.39 is 0 Å². The van der Waals surface area contributed by atoms with Crippen molar-refractivity contribution in [2.24, 2.45) is 5.73 Å². The zero-order chi connectivity index (χ0) is 11.8. The first-order valence-corrected chi connectivity index (χ1v) is 6.85. The van der Waals surface area contributed by atoms with E-state index in [9.17, 15) is 0 Å². The second-order valence-electron chi connectivity index (χ2n) is 4.83. The van der Waals surface area contributed by atoms with E-state index in [4.69, 9.17) is 10.5 Å². The van der Waals surface area contributed by atoms with Gasteiger partial charge in [-0.05, 0) is 52.1 Å². The van der Waals surface area contributed by atoms with Crippen molar-refractivity contribution in [1.29, 1.82) is 0 Å². The Morgan fingerprint density at radius 2 is 2.25 bits per heavy atom. The fraction of sp³-hybridized carbons (Fsp3) is 1.00. The highest BCUT2D eigenvalue weighted by Crippen LogP contribution is 2.14. The number of rotatable bonds is 7. The van der Waals surface area contributed by atoms with Crippen molar-refractivity contribution in [3.8, 4) is 0 Å². The molecule has 0 saturated carbocycles. The Morgan fingerprint density at radius 3 is 2.94 bits per heavy atom. The molecule has 2 N–H and O–H groups in total. The summed E-state index contributed by atoms with van der Waals surface area (Å²) in [6, 6.07) is 0.396. The molecule has 0 amide bonds. The predicted molar refractivity (Wildman–Crippen MR) is 68.6 cm³/mol. The normalized spacial score (nSPS) is 24.6. The standard InChI is InChI=1S/C13H28N2O/c1-3-12(14)7-5-9-15-10-6-8-13(11-15)16-4-2/h12-13H,3-11,14H2,1-2H3. The number of ether oxygens (including phenoxy) is 1. The van der Waals surface area contributed by atoms with Gasteiger partial charge in [0.2, 0.25) is 0 Å². The Hall–Kier alpha value is -0.120. The van der Waals surface area contributed by atoms with Crippen LogP contribution in [-0.2, 0) is 4.74 Å². The summed E-state index contributed by atoms with van der Waals surface area (Å²) < 4.78 is 5.70. The minimum absolute atomic E-state index is 0.396. The van der Waals surface area contributed by atoms with E-state index in [0.717, 1.165) is 26.0 Å². The molecule has 96 valence electrons. The first kappa shape index (κ1) is 13.9. The first-order chi connectivity index (χ1) is 7.76. The van der Waals surface area contributed by atoms with E-state index in [2.05, 4.69) is 18.7 Å². The van der Waals surface area contributed by atoms with Crippen molar-refractivity contribution in [3.05, 3.63) is 0 Å². The lowest BCUT2D eigenvalue weighted by atomic mass is 10.1. The number of hydrogen-bond acceptors (Lipinski definition) is 3. The molecule has 0 bridgehead atoms. The Kier molecular flexibility index (Phi) is 7.01. The summed E-state index contributed by atoms with van der Waals surface area (Å²) in [4.78, 5) is 2.53. The molecule has 0 radical (unpaired) electrons. The van der Waals surface area contributed by atoms with Crippen LogP contribution in [0.5, 0.6) is 0 Å². The van der Waals surface area contributed by atoms with Gasteiger partial charge in [-0.25, -0.2) is 0 Å². The second-order valence-corrected chi connectivity index (χ2v) is 4.83. The van der Waals surface area contributed by atoms with E-state index in [1.165, 1.54) is 32.4 Å². The molecule has 0 aromatic heterocycles. The maximum absolute atomic E-state index is 5.92. The fourth-order valence-electron chi connectivity index (χ4n) is 2.37. The summed E-state index contributed by atoms with van der Waals surface area (Å²) >= 11 is 0. The highest BCUT2D eigenvalue weighted by Gasteiger charge is 2.19. The molecule has 1 aliphatic heterocycles. The molecule has 0 aromatic rings. The van der Waals surface area contributed by atoms with Crippen LogP contribution in [0.4, 0.5) is 0 Å². The average Bonchev–Trinajstić information content (AvgIpc) is 2.30. The van der Waals surface area contributed by atoms with Crippen LogP contribution in [-0.4, -0.2) is 43.3 Å². The van der Waals surface area contributed by atoms with Gasteiger partial charge in [0.05, 0.1) is 6.10 Å². The average molecular weight is 228 g/mol. The molecule has 0 aliphatic carbocycles. The molecule has 1 fully saturated rings. The van der Waals surface area contributed by atoms with Crippen molar-refractivity contribution in [2.75, 3.05) is 26.2 Å². The highest BCUT2D eigenvalue weighted by atomic mass is 16.5. The number of piperidine rings is 1. The molecule has 16 heavy (non-hydrogen) atoms. The van der Waals surface area contributed by atoms with Crippen LogP contribution in [0.25, 0.3) is 0 Å². The number of likely N-dealkylation sites (tertiary alicyclic amines) is 1. The zero-order valence-corrected chi connectivity index (χ0v) is 11.0. The van der Waals surface area contributed by atoms with E-state index in [1.807, 2.05) is 0 Å². The minimum Gasteiger partial charge on any atom is -0.377 e. The maximum atomic E-state index is 5.92. The number of nitrogens with two attached hydrogens (primary N) is 1. The third kappa shape index (κ3) is 5.28. The minimum atomic E-state index is 0.396. The largest absolute Gasteiger partial charge is 0.377 e. The summed E-state index contributed by atoms with van der Waals surface area (Å²) in [5, 5.41) is 0. The molecule has 2 unspecified atom stereocenters. The van der Waals surface area contributed by atoms with Gasteiger partial charge in [0, 0.05) is 19.2 Å². The van der Waals surface area contributed by atoms with Crippen molar-refractivity contribution in [2.45, 2.75) is 58.1 Å². The Labute approximate surface area is 100 Å². The third-order valence-corrected chi connectivity index (χ3v) is 3.44. The molecule has 3 nitrogen and oxygen atoms in total. The van der Waals surface area contributed by atoms with Crippen LogP contribution in [0, 0.1) is 0 Å². The molecular weight excluding hydrogens is 200 g/mol. The van der Waals surface area contributed by atoms with Gasteiger partial charge >= 0.3 is 0 Å². The summed E-state index contributed by atoms with van der Waals surface area (Å²) in [7, 11) is 0. The van der Waals surface area contributed by atoms with Gasteiger partial charge in [-0.2, -0.15) is 0 Å². The summed E-state index contributed by atoms with van der Waals surface area (Å²) in [5.41, 5.74) is 5.92. The molecule has 1 rings (SSSR count). The molecule has 0 spiro atoms. The van der Waals surface area contributed by atoms with E-state index in [-0.39, 0.29) is 0 Å². The molecule has 0 aromatic carbocycles. The predicted octanol–water partition coefficient (Wildman–Crippen LogP) is 2.00. The van der Waals surface area contributed by atoms with Crippen LogP contribution in [0.1, 0.15) is 46.0 Å². The van der Waals surface area contributed by atoms with Gasteiger partial charge in [0.1, 0.15) is 0 Å². The maximum Gasteiger partial charge on any atom is 0.0702 e. The summed E-state index contributed by atoms with van der Waals surface area (Å²) in [6.45, 7) is 8.65. The van der Waals surface area contributed by atoms with Crippen molar-refractivity contribution >= 4 is 0 Å². The quantitative estimate of drug-likeness (QED) is 0.724. The molecular formula is C13H28N2O. The third-order valence-electron chi connectivity index (χ3n) is 3.44. The molecule has 1 saturated heterocycles. The topological polar surface area (TPSA) is 38.5 Å². The number of nitrogens with zero attached hydrogens (tertiary/aromatic N) is 1. The van der Waals surface area contributed by atoms with E-state index in [0.29, 0.717) is 12.1 Å². The fourth-order valence-corrected chi connectivity index (χ4v) is 2.37. The molecule has 3 heteroatoms. The van der Waals surface area contributed by atoms with E-state index >= 15 is 0 Å². The van der Waals surface area contributed by atoms with Gasteiger partial charge in [-0.15, -0.1) is 0 Å². The Bertz CT molecular complexity index is 173.